The maximum absolute atomic E-state index is 6.61. The third-order valence-electron chi connectivity index (χ3n) is 5.96. The smallest absolute Gasteiger partial charge is 0.233 e. The predicted octanol–water partition coefficient (Wildman–Crippen LogP) is 3.41. The topological polar surface area (TPSA) is 64.9 Å². The Morgan fingerprint density at radius 1 is 1.00 bits per heavy atom. The minimum atomic E-state index is -0.0594. The standard InChI is InChI=1S/C16H25N3O/c1-9(2)14-18-19-15(20-14)13(17)16-6-10-3-11(7-16)5-12(4-10)8-16/h9-13H,3-8,17H2,1-2H3. The van der Waals surface area contributed by atoms with Gasteiger partial charge in [0.25, 0.3) is 0 Å². The van der Waals surface area contributed by atoms with Gasteiger partial charge in [0.2, 0.25) is 11.8 Å². The Kier molecular flexibility index (Phi) is 2.75. The Bertz CT molecular complexity index is 472. The average Bonchev–Trinajstić information content (AvgIpc) is 2.85. The molecule has 0 saturated heterocycles. The maximum atomic E-state index is 6.61. The minimum absolute atomic E-state index is 0.0594. The van der Waals surface area contributed by atoms with Crippen LogP contribution in [0.3, 0.4) is 0 Å². The summed E-state index contributed by atoms with van der Waals surface area (Å²) in [5, 5.41) is 8.42. The lowest BCUT2D eigenvalue weighted by molar-refractivity contribution is -0.0719. The van der Waals surface area contributed by atoms with Gasteiger partial charge in [-0.05, 0) is 61.7 Å². The average molecular weight is 275 g/mol. The van der Waals surface area contributed by atoms with Crippen molar-refractivity contribution in [3.8, 4) is 0 Å². The van der Waals surface area contributed by atoms with Crippen LogP contribution in [0.2, 0.25) is 0 Å². The molecule has 0 spiro atoms. The molecule has 1 atom stereocenters. The highest BCUT2D eigenvalue weighted by Gasteiger charge is 2.54. The minimum Gasteiger partial charge on any atom is -0.423 e. The molecule has 0 radical (unpaired) electrons. The quantitative estimate of drug-likeness (QED) is 0.918. The zero-order valence-corrected chi connectivity index (χ0v) is 12.5. The molecular formula is C16H25N3O. The molecule has 0 amide bonds. The Morgan fingerprint density at radius 2 is 1.50 bits per heavy atom. The van der Waals surface area contributed by atoms with Gasteiger partial charge in [-0.2, -0.15) is 0 Å². The lowest BCUT2D eigenvalue weighted by Crippen LogP contribution is -2.50. The monoisotopic (exact) mass is 275 g/mol. The lowest BCUT2D eigenvalue weighted by atomic mass is 9.48. The molecule has 2 N–H and O–H groups in total. The van der Waals surface area contributed by atoms with Crippen LogP contribution >= 0.6 is 0 Å². The molecule has 0 aliphatic heterocycles. The third kappa shape index (κ3) is 1.84. The van der Waals surface area contributed by atoms with Crippen LogP contribution in [0, 0.1) is 23.2 Å². The predicted molar refractivity (Wildman–Crippen MR) is 75.9 cm³/mol. The summed E-state index contributed by atoms with van der Waals surface area (Å²) in [7, 11) is 0. The zero-order chi connectivity index (χ0) is 13.9. The molecule has 4 aliphatic rings. The van der Waals surface area contributed by atoms with Gasteiger partial charge in [-0.25, -0.2) is 0 Å². The SMILES string of the molecule is CC(C)c1nnc(C(N)C23CC4CC(CC(C4)C2)C3)o1. The second-order valence-corrected chi connectivity index (χ2v) is 7.89. The van der Waals surface area contributed by atoms with Crippen molar-refractivity contribution in [1.82, 2.24) is 10.2 Å². The maximum Gasteiger partial charge on any atom is 0.233 e. The van der Waals surface area contributed by atoms with Crippen LogP contribution in [0.15, 0.2) is 4.42 Å². The number of hydrogen-bond acceptors (Lipinski definition) is 4. The summed E-state index contributed by atoms with van der Waals surface area (Å²) in [6.07, 6.45) is 8.14. The van der Waals surface area contributed by atoms with Crippen LogP contribution in [0.5, 0.6) is 0 Å². The van der Waals surface area contributed by atoms with E-state index in [0.717, 1.165) is 23.6 Å². The fraction of sp³-hybridized carbons (Fsp3) is 0.875. The summed E-state index contributed by atoms with van der Waals surface area (Å²) in [6.45, 7) is 4.15. The fourth-order valence-electron chi connectivity index (χ4n) is 5.43. The Hall–Kier alpha value is -0.900. The van der Waals surface area contributed by atoms with Crippen LogP contribution in [-0.2, 0) is 0 Å². The van der Waals surface area contributed by atoms with Crippen LogP contribution in [0.1, 0.15) is 76.1 Å². The Morgan fingerprint density at radius 3 is 1.95 bits per heavy atom. The van der Waals surface area contributed by atoms with Crippen molar-refractivity contribution in [3.63, 3.8) is 0 Å². The van der Waals surface area contributed by atoms with Gasteiger partial charge in [-0.15, -0.1) is 10.2 Å². The molecule has 4 fully saturated rings. The second kappa shape index (κ2) is 4.30. The van der Waals surface area contributed by atoms with Gasteiger partial charge in [-0.1, -0.05) is 13.8 Å². The Balaban J connectivity index is 1.62. The first kappa shape index (κ1) is 12.8. The van der Waals surface area contributed by atoms with Crippen LogP contribution < -0.4 is 5.73 Å². The molecular weight excluding hydrogens is 250 g/mol. The van der Waals surface area contributed by atoms with E-state index < -0.39 is 0 Å². The summed E-state index contributed by atoms with van der Waals surface area (Å²) >= 11 is 0. The van der Waals surface area contributed by atoms with Crippen LogP contribution in [0.4, 0.5) is 0 Å². The summed E-state index contributed by atoms with van der Waals surface area (Å²) in [5.74, 6) is 4.38. The van der Waals surface area contributed by atoms with E-state index >= 15 is 0 Å². The summed E-state index contributed by atoms with van der Waals surface area (Å²) < 4.78 is 5.85. The van der Waals surface area contributed by atoms with Gasteiger partial charge >= 0.3 is 0 Å². The molecule has 4 saturated carbocycles. The molecule has 4 aliphatic carbocycles. The van der Waals surface area contributed by atoms with E-state index in [2.05, 4.69) is 24.0 Å². The van der Waals surface area contributed by atoms with Crippen molar-refractivity contribution in [1.29, 1.82) is 0 Å². The lowest BCUT2D eigenvalue weighted by Gasteiger charge is -2.58. The molecule has 20 heavy (non-hydrogen) atoms. The van der Waals surface area contributed by atoms with Gasteiger partial charge < -0.3 is 10.2 Å². The molecule has 1 aromatic rings. The molecule has 1 unspecified atom stereocenters. The van der Waals surface area contributed by atoms with Crippen molar-refractivity contribution >= 4 is 0 Å². The molecule has 4 bridgehead atoms. The van der Waals surface area contributed by atoms with Gasteiger partial charge in [0.15, 0.2) is 0 Å². The van der Waals surface area contributed by atoms with Crippen molar-refractivity contribution in [2.45, 2.75) is 64.3 Å². The first-order valence-electron chi connectivity index (χ1n) is 8.14. The van der Waals surface area contributed by atoms with E-state index in [1.54, 1.807) is 0 Å². The first-order valence-corrected chi connectivity index (χ1v) is 8.14. The van der Waals surface area contributed by atoms with E-state index in [4.69, 9.17) is 10.2 Å². The van der Waals surface area contributed by atoms with Gasteiger partial charge in [0.1, 0.15) is 0 Å². The number of aromatic nitrogens is 2. The summed E-state index contributed by atoms with van der Waals surface area (Å²) in [4.78, 5) is 0. The third-order valence-corrected chi connectivity index (χ3v) is 5.96. The number of hydrogen-bond donors (Lipinski definition) is 1. The van der Waals surface area contributed by atoms with Crippen LogP contribution in [-0.4, -0.2) is 10.2 Å². The van der Waals surface area contributed by atoms with E-state index in [-0.39, 0.29) is 17.4 Å². The van der Waals surface area contributed by atoms with E-state index in [1.807, 2.05) is 0 Å². The number of nitrogens with zero attached hydrogens (tertiary/aromatic N) is 2. The first-order chi connectivity index (χ1) is 9.56. The highest BCUT2D eigenvalue weighted by atomic mass is 16.4. The molecule has 0 aromatic carbocycles. The highest BCUT2D eigenvalue weighted by Crippen LogP contribution is 2.63. The van der Waals surface area contributed by atoms with Crippen molar-refractivity contribution in [2.24, 2.45) is 28.9 Å². The van der Waals surface area contributed by atoms with Crippen molar-refractivity contribution in [2.75, 3.05) is 0 Å². The van der Waals surface area contributed by atoms with Gasteiger partial charge in [-0.3, -0.25) is 0 Å². The molecule has 1 heterocycles. The normalized spacial score (nSPS) is 40.5. The Labute approximate surface area is 120 Å². The van der Waals surface area contributed by atoms with Gasteiger partial charge in [0.05, 0.1) is 6.04 Å². The zero-order valence-electron chi connectivity index (χ0n) is 12.5. The van der Waals surface area contributed by atoms with Crippen molar-refractivity contribution in [3.05, 3.63) is 11.8 Å². The molecule has 4 heteroatoms. The number of rotatable bonds is 3. The molecule has 1 aromatic heterocycles. The number of nitrogens with two attached hydrogens (primary N) is 1. The molecule has 5 rings (SSSR count). The summed E-state index contributed by atoms with van der Waals surface area (Å²) in [6, 6.07) is -0.0594. The van der Waals surface area contributed by atoms with Crippen LogP contribution in [0.25, 0.3) is 0 Å². The fourth-order valence-corrected chi connectivity index (χ4v) is 5.43. The molecule has 110 valence electrons. The van der Waals surface area contributed by atoms with E-state index in [0.29, 0.717) is 5.89 Å². The highest BCUT2D eigenvalue weighted by molar-refractivity contribution is 5.09. The van der Waals surface area contributed by atoms with E-state index in [9.17, 15) is 0 Å². The van der Waals surface area contributed by atoms with E-state index in [1.165, 1.54) is 38.5 Å². The largest absolute Gasteiger partial charge is 0.423 e. The second-order valence-electron chi connectivity index (χ2n) is 7.89. The molecule has 4 nitrogen and oxygen atoms in total. The van der Waals surface area contributed by atoms with Crippen molar-refractivity contribution < 1.29 is 4.42 Å². The summed E-state index contributed by atoms with van der Waals surface area (Å²) in [5.41, 5.74) is 6.86. The van der Waals surface area contributed by atoms with Gasteiger partial charge in [0, 0.05) is 5.92 Å².